The highest BCUT2D eigenvalue weighted by Crippen LogP contribution is 2.39. The summed E-state index contributed by atoms with van der Waals surface area (Å²) in [7, 11) is 2.16. The van der Waals surface area contributed by atoms with Crippen molar-refractivity contribution in [1.29, 1.82) is 0 Å². The SMILES string of the molecule is CN1CCN(c2cc(C3C(=O)Nc4ccccc43)nc3ccccc23)CC1. The number of pyridine rings is 1. The number of para-hydroxylation sites is 2. The summed E-state index contributed by atoms with van der Waals surface area (Å²) in [6.07, 6.45) is 0. The summed E-state index contributed by atoms with van der Waals surface area (Å²) in [6, 6.07) is 18.3. The molecule has 1 aromatic heterocycles. The summed E-state index contributed by atoms with van der Waals surface area (Å²) >= 11 is 0. The smallest absolute Gasteiger partial charge is 0.238 e. The van der Waals surface area contributed by atoms with E-state index in [1.807, 2.05) is 36.4 Å². The average molecular weight is 358 g/mol. The van der Waals surface area contributed by atoms with E-state index in [2.05, 4.69) is 40.4 Å². The van der Waals surface area contributed by atoms with Gasteiger partial charge in [0.1, 0.15) is 5.92 Å². The number of rotatable bonds is 2. The molecular formula is C22H22N4O. The van der Waals surface area contributed by atoms with Gasteiger partial charge < -0.3 is 15.1 Å². The van der Waals surface area contributed by atoms with Crippen LogP contribution in [-0.4, -0.2) is 49.0 Å². The van der Waals surface area contributed by atoms with Crippen molar-refractivity contribution in [3.63, 3.8) is 0 Å². The topological polar surface area (TPSA) is 48.5 Å². The molecule has 2 aliphatic heterocycles. The summed E-state index contributed by atoms with van der Waals surface area (Å²) in [4.78, 5) is 22.4. The van der Waals surface area contributed by atoms with Crippen molar-refractivity contribution in [3.8, 4) is 0 Å². The minimum Gasteiger partial charge on any atom is -0.368 e. The van der Waals surface area contributed by atoms with E-state index in [4.69, 9.17) is 4.98 Å². The van der Waals surface area contributed by atoms with Gasteiger partial charge in [0.2, 0.25) is 5.91 Å². The normalized spacial score (nSPS) is 20.0. The second kappa shape index (κ2) is 6.35. The molecule has 0 bridgehead atoms. The van der Waals surface area contributed by atoms with E-state index in [0.29, 0.717) is 0 Å². The lowest BCUT2D eigenvalue weighted by atomic mass is 9.95. The number of hydrogen-bond acceptors (Lipinski definition) is 4. The molecule has 1 N–H and O–H groups in total. The highest BCUT2D eigenvalue weighted by Gasteiger charge is 2.33. The molecule has 2 aliphatic rings. The van der Waals surface area contributed by atoms with Crippen molar-refractivity contribution in [1.82, 2.24) is 9.88 Å². The van der Waals surface area contributed by atoms with Crippen molar-refractivity contribution >= 4 is 28.2 Å². The lowest BCUT2D eigenvalue weighted by molar-refractivity contribution is -0.116. The number of carbonyl (C=O) groups excluding carboxylic acids is 1. The van der Waals surface area contributed by atoms with Crippen molar-refractivity contribution in [2.45, 2.75) is 5.92 Å². The quantitative estimate of drug-likeness (QED) is 0.765. The molecule has 0 spiro atoms. The molecule has 1 amide bonds. The Hall–Kier alpha value is -2.92. The van der Waals surface area contributed by atoms with Crippen LogP contribution in [0.4, 0.5) is 11.4 Å². The van der Waals surface area contributed by atoms with Gasteiger partial charge in [0.25, 0.3) is 0 Å². The first-order valence-corrected chi connectivity index (χ1v) is 9.44. The second-order valence-corrected chi connectivity index (χ2v) is 7.38. The van der Waals surface area contributed by atoms with Crippen LogP contribution < -0.4 is 10.2 Å². The van der Waals surface area contributed by atoms with Crippen LogP contribution in [0.25, 0.3) is 10.9 Å². The Balaban J connectivity index is 1.65. The monoisotopic (exact) mass is 358 g/mol. The lowest BCUT2D eigenvalue weighted by Gasteiger charge is -2.35. The van der Waals surface area contributed by atoms with Crippen molar-refractivity contribution in [2.75, 3.05) is 43.4 Å². The predicted octanol–water partition coefficient (Wildman–Crippen LogP) is 3.07. The van der Waals surface area contributed by atoms with E-state index in [-0.39, 0.29) is 11.8 Å². The Kier molecular flexibility index (Phi) is 3.83. The molecule has 2 aromatic carbocycles. The van der Waals surface area contributed by atoms with Gasteiger partial charge >= 0.3 is 0 Å². The van der Waals surface area contributed by atoms with Crippen LogP contribution in [0.3, 0.4) is 0 Å². The number of anilines is 2. The first-order chi connectivity index (χ1) is 13.2. The standard InChI is InChI=1S/C22H22N4O/c1-25-10-12-26(13-11-25)20-14-19(23-17-8-4-2-6-15(17)20)21-16-7-3-5-9-18(16)24-22(21)27/h2-9,14,21H,10-13H2,1H3,(H,24,27). The number of carbonyl (C=O) groups is 1. The number of fused-ring (bicyclic) bond motifs is 2. The molecule has 5 rings (SSSR count). The van der Waals surface area contributed by atoms with E-state index >= 15 is 0 Å². The molecule has 136 valence electrons. The Morgan fingerprint density at radius 2 is 1.74 bits per heavy atom. The molecule has 5 nitrogen and oxygen atoms in total. The number of nitrogens with one attached hydrogen (secondary N) is 1. The zero-order valence-electron chi connectivity index (χ0n) is 15.4. The van der Waals surface area contributed by atoms with Crippen LogP contribution in [-0.2, 0) is 4.79 Å². The number of nitrogens with zero attached hydrogens (tertiary/aromatic N) is 3. The third kappa shape index (κ3) is 2.75. The summed E-state index contributed by atoms with van der Waals surface area (Å²) in [6.45, 7) is 4.05. The maximum atomic E-state index is 12.7. The van der Waals surface area contributed by atoms with Gasteiger partial charge in [-0.1, -0.05) is 36.4 Å². The third-order valence-electron chi connectivity index (χ3n) is 5.65. The summed E-state index contributed by atoms with van der Waals surface area (Å²) < 4.78 is 0. The maximum Gasteiger partial charge on any atom is 0.238 e. The number of amides is 1. The van der Waals surface area contributed by atoms with E-state index in [1.54, 1.807) is 0 Å². The molecule has 0 radical (unpaired) electrons. The zero-order valence-corrected chi connectivity index (χ0v) is 15.4. The Labute approximate surface area is 158 Å². The Morgan fingerprint density at radius 1 is 1.00 bits per heavy atom. The van der Waals surface area contributed by atoms with Crippen molar-refractivity contribution in [2.24, 2.45) is 0 Å². The number of benzene rings is 2. The molecule has 0 aliphatic carbocycles. The second-order valence-electron chi connectivity index (χ2n) is 7.38. The van der Waals surface area contributed by atoms with E-state index < -0.39 is 0 Å². The fraction of sp³-hybridized carbons (Fsp3) is 0.273. The van der Waals surface area contributed by atoms with Crippen molar-refractivity contribution < 1.29 is 4.79 Å². The van der Waals surface area contributed by atoms with Gasteiger partial charge in [-0.15, -0.1) is 0 Å². The minimum atomic E-state index is -0.350. The van der Waals surface area contributed by atoms with E-state index in [9.17, 15) is 4.79 Å². The van der Waals surface area contributed by atoms with Gasteiger partial charge in [-0.2, -0.15) is 0 Å². The van der Waals surface area contributed by atoms with Crippen LogP contribution >= 0.6 is 0 Å². The molecule has 27 heavy (non-hydrogen) atoms. The van der Waals surface area contributed by atoms with Gasteiger partial charge in [0.05, 0.1) is 11.2 Å². The van der Waals surface area contributed by atoms with E-state index in [0.717, 1.165) is 54.0 Å². The summed E-state index contributed by atoms with van der Waals surface area (Å²) in [5, 5.41) is 4.15. The summed E-state index contributed by atoms with van der Waals surface area (Å²) in [5.74, 6) is -0.347. The molecule has 1 saturated heterocycles. The van der Waals surface area contributed by atoms with Gasteiger partial charge in [-0.05, 0) is 30.8 Å². The fourth-order valence-corrected chi connectivity index (χ4v) is 4.14. The van der Waals surface area contributed by atoms with Gasteiger partial charge in [-0.25, -0.2) is 0 Å². The molecule has 0 saturated carbocycles. The Bertz CT molecular complexity index is 1020. The minimum absolute atomic E-state index is 0.00306. The van der Waals surface area contributed by atoms with Crippen LogP contribution in [0.2, 0.25) is 0 Å². The number of hydrogen-bond donors (Lipinski definition) is 1. The number of aromatic nitrogens is 1. The average Bonchev–Trinajstić information content (AvgIpc) is 3.03. The molecule has 1 unspecified atom stereocenters. The van der Waals surface area contributed by atoms with Gasteiger partial charge in [0.15, 0.2) is 0 Å². The highest BCUT2D eigenvalue weighted by atomic mass is 16.2. The third-order valence-corrected chi connectivity index (χ3v) is 5.65. The molecule has 3 aromatic rings. The first-order valence-electron chi connectivity index (χ1n) is 9.44. The fourth-order valence-electron chi connectivity index (χ4n) is 4.14. The van der Waals surface area contributed by atoms with Crippen LogP contribution in [0, 0.1) is 0 Å². The van der Waals surface area contributed by atoms with Crippen LogP contribution in [0.15, 0.2) is 54.6 Å². The van der Waals surface area contributed by atoms with Gasteiger partial charge in [-0.3, -0.25) is 9.78 Å². The Morgan fingerprint density at radius 3 is 2.59 bits per heavy atom. The van der Waals surface area contributed by atoms with Crippen molar-refractivity contribution in [3.05, 3.63) is 65.9 Å². The number of piperazine rings is 1. The first kappa shape index (κ1) is 16.3. The zero-order chi connectivity index (χ0) is 18.4. The molecule has 5 heteroatoms. The predicted molar refractivity (Wildman–Crippen MR) is 108 cm³/mol. The largest absolute Gasteiger partial charge is 0.368 e. The van der Waals surface area contributed by atoms with E-state index in [1.165, 1.54) is 5.69 Å². The molecule has 1 atom stereocenters. The molecule has 1 fully saturated rings. The lowest BCUT2D eigenvalue weighted by Crippen LogP contribution is -2.44. The van der Waals surface area contributed by atoms with Gasteiger partial charge in [0, 0.05) is 42.9 Å². The van der Waals surface area contributed by atoms with Crippen LogP contribution in [0.1, 0.15) is 17.2 Å². The maximum absolute atomic E-state index is 12.7. The highest BCUT2D eigenvalue weighted by molar-refractivity contribution is 6.05. The van der Waals surface area contributed by atoms with Crippen LogP contribution in [0.5, 0.6) is 0 Å². The summed E-state index contributed by atoms with van der Waals surface area (Å²) in [5.41, 5.74) is 4.85. The molecule has 3 heterocycles. The number of likely N-dealkylation sites (N-methyl/N-ethyl adjacent to an activating group) is 1. The molecular weight excluding hydrogens is 336 g/mol.